The van der Waals surface area contributed by atoms with E-state index in [1.807, 2.05) is 0 Å². The molecule has 0 fully saturated rings. The van der Waals surface area contributed by atoms with Gasteiger partial charge >= 0.3 is 0 Å². The first-order valence-corrected chi connectivity index (χ1v) is 6.38. The van der Waals surface area contributed by atoms with Gasteiger partial charge in [-0.1, -0.05) is 12.1 Å². The lowest BCUT2D eigenvalue weighted by Gasteiger charge is -2.15. The number of hydrogen-bond donors (Lipinski definition) is 1. The molecule has 1 N–H and O–H groups in total. The van der Waals surface area contributed by atoms with Crippen LogP contribution in [0.5, 0.6) is 5.75 Å². The number of hydrogen-bond acceptors (Lipinski definition) is 3. The molecule has 0 bridgehead atoms. The number of phenols is 1. The van der Waals surface area contributed by atoms with Crippen LogP contribution in [0.3, 0.4) is 0 Å². The molecule has 0 aliphatic rings. The van der Waals surface area contributed by atoms with Crippen molar-refractivity contribution in [2.75, 3.05) is 12.3 Å². The summed E-state index contributed by atoms with van der Waals surface area (Å²) in [6.45, 7) is 0.245. The summed E-state index contributed by atoms with van der Waals surface area (Å²) in [5, 5.41) is 8.61. The van der Waals surface area contributed by atoms with Gasteiger partial charge in [0.25, 0.3) is 0 Å². The van der Waals surface area contributed by atoms with Gasteiger partial charge in [-0.2, -0.15) is 4.31 Å². The van der Waals surface area contributed by atoms with E-state index < -0.39 is 15.2 Å². The number of alkyl halides is 1. The van der Waals surface area contributed by atoms with E-state index in [1.54, 1.807) is 12.1 Å². The average Bonchev–Trinajstić information content (AvgIpc) is 2.21. The number of phenolic OH excluding ortho intramolecular Hbond substituents is 1. The second-order valence-electron chi connectivity index (χ2n) is 3.14. The molecule has 0 heterocycles. The third-order valence-electron chi connectivity index (χ3n) is 1.95. The van der Waals surface area contributed by atoms with Gasteiger partial charge in [0.05, 0.1) is 0 Å². The molecule has 0 atom stereocenters. The van der Waals surface area contributed by atoms with Gasteiger partial charge in [-0.25, -0.2) is 8.42 Å². The second kappa shape index (κ2) is 4.83. The van der Waals surface area contributed by atoms with Gasteiger partial charge in [0, 0.05) is 13.6 Å². The topological polar surface area (TPSA) is 57.6 Å². The molecule has 0 aliphatic heterocycles. The third-order valence-corrected chi connectivity index (χ3v) is 4.14. The van der Waals surface area contributed by atoms with Gasteiger partial charge in [0.1, 0.15) is 11.0 Å². The monoisotopic (exact) mass is 249 g/mol. The first kappa shape index (κ1) is 12.3. The predicted molar refractivity (Wildman–Crippen MR) is 59.2 cm³/mol. The quantitative estimate of drug-likeness (QED) is 0.820. The van der Waals surface area contributed by atoms with Crippen LogP contribution in [0.4, 0.5) is 0 Å². The van der Waals surface area contributed by atoms with Crippen LogP contribution in [-0.2, 0) is 16.6 Å². The molecule has 0 aromatic heterocycles. The summed E-state index contributed by atoms with van der Waals surface area (Å²) in [6, 6.07) is 6.35. The minimum atomic E-state index is -3.37. The third kappa shape index (κ3) is 3.37. The lowest BCUT2D eigenvalue weighted by molar-refractivity contribution is 0.466. The summed E-state index contributed by atoms with van der Waals surface area (Å²) in [6.07, 6.45) is 0. The maximum Gasteiger partial charge on any atom is 0.228 e. The van der Waals surface area contributed by atoms with Crippen molar-refractivity contribution in [2.24, 2.45) is 0 Å². The Labute approximate surface area is 94.1 Å². The Bertz CT molecular complexity index is 415. The van der Waals surface area contributed by atoms with Gasteiger partial charge in [-0.3, -0.25) is 0 Å². The highest BCUT2D eigenvalue weighted by Crippen LogP contribution is 2.13. The summed E-state index contributed by atoms with van der Waals surface area (Å²) in [5.41, 5.74) is 0.795. The summed E-state index contributed by atoms with van der Waals surface area (Å²) >= 11 is 5.31. The zero-order valence-corrected chi connectivity index (χ0v) is 9.79. The van der Waals surface area contributed by atoms with Crippen LogP contribution in [-0.4, -0.2) is 30.1 Å². The van der Waals surface area contributed by atoms with E-state index in [1.165, 1.54) is 23.5 Å². The summed E-state index contributed by atoms with van der Waals surface area (Å²) < 4.78 is 23.8. The van der Waals surface area contributed by atoms with Crippen molar-refractivity contribution in [3.05, 3.63) is 29.8 Å². The molecule has 0 saturated heterocycles. The number of benzene rings is 1. The Balaban J connectivity index is 2.75. The van der Waals surface area contributed by atoms with E-state index in [9.17, 15) is 8.42 Å². The smallest absolute Gasteiger partial charge is 0.228 e. The van der Waals surface area contributed by atoms with Crippen LogP contribution in [0.25, 0.3) is 0 Å². The number of sulfonamides is 1. The minimum absolute atomic E-state index is 0.154. The SMILES string of the molecule is CN(Cc1ccc(O)cc1)S(=O)(=O)CCl. The molecule has 0 saturated carbocycles. The molecular formula is C9H12ClNO3S. The van der Waals surface area contributed by atoms with Crippen molar-refractivity contribution in [3.8, 4) is 5.75 Å². The highest BCUT2D eigenvalue weighted by Gasteiger charge is 2.15. The van der Waals surface area contributed by atoms with Gasteiger partial charge in [0.15, 0.2) is 0 Å². The Hall–Kier alpha value is -0.780. The normalized spacial score (nSPS) is 11.9. The van der Waals surface area contributed by atoms with E-state index in [0.29, 0.717) is 0 Å². The molecule has 4 nitrogen and oxygen atoms in total. The van der Waals surface area contributed by atoms with Crippen molar-refractivity contribution < 1.29 is 13.5 Å². The molecule has 0 unspecified atom stereocenters. The zero-order chi connectivity index (χ0) is 11.5. The van der Waals surface area contributed by atoms with Crippen LogP contribution in [0.1, 0.15) is 5.56 Å². The van der Waals surface area contributed by atoms with E-state index in [4.69, 9.17) is 16.7 Å². The predicted octanol–water partition coefficient (Wildman–Crippen LogP) is 1.35. The molecule has 1 rings (SSSR count). The van der Waals surface area contributed by atoms with Gasteiger partial charge in [0.2, 0.25) is 10.0 Å². The zero-order valence-electron chi connectivity index (χ0n) is 8.22. The highest BCUT2D eigenvalue weighted by molar-refractivity contribution is 7.90. The van der Waals surface area contributed by atoms with E-state index >= 15 is 0 Å². The Morgan fingerprint density at radius 3 is 2.33 bits per heavy atom. The summed E-state index contributed by atoms with van der Waals surface area (Å²) in [5.74, 6) is 0.154. The molecule has 0 spiro atoms. The van der Waals surface area contributed by atoms with Crippen molar-refractivity contribution in [1.29, 1.82) is 0 Å². The number of nitrogens with zero attached hydrogens (tertiary/aromatic N) is 1. The van der Waals surface area contributed by atoms with Crippen LogP contribution in [0, 0.1) is 0 Å². The fourth-order valence-corrected chi connectivity index (χ4v) is 2.05. The number of aromatic hydroxyl groups is 1. The van der Waals surface area contributed by atoms with Crippen molar-refractivity contribution >= 4 is 21.6 Å². The first-order chi connectivity index (χ1) is 6.95. The molecule has 15 heavy (non-hydrogen) atoms. The lowest BCUT2D eigenvalue weighted by atomic mass is 10.2. The van der Waals surface area contributed by atoms with Crippen molar-refractivity contribution in [2.45, 2.75) is 6.54 Å². The number of halogens is 1. The standard InChI is InChI=1S/C9H12ClNO3S/c1-11(15(13,14)7-10)6-8-2-4-9(12)5-3-8/h2-5,12H,6-7H2,1H3. The van der Waals surface area contributed by atoms with Gasteiger partial charge in [-0.15, -0.1) is 11.6 Å². The Kier molecular flexibility index (Phi) is 3.96. The average molecular weight is 250 g/mol. The van der Waals surface area contributed by atoms with E-state index in [2.05, 4.69) is 0 Å². The molecule has 84 valence electrons. The largest absolute Gasteiger partial charge is 0.508 e. The molecule has 0 radical (unpaired) electrons. The lowest BCUT2D eigenvalue weighted by Crippen LogP contribution is -2.27. The van der Waals surface area contributed by atoms with Gasteiger partial charge in [-0.05, 0) is 17.7 Å². The minimum Gasteiger partial charge on any atom is -0.508 e. The van der Waals surface area contributed by atoms with Gasteiger partial charge < -0.3 is 5.11 Å². The first-order valence-electron chi connectivity index (χ1n) is 4.23. The second-order valence-corrected chi connectivity index (χ2v) is 5.80. The Morgan fingerprint density at radius 1 is 1.33 bits per heavy atom. The highest BCUT2D eigenvalue weighted by atomic mass is 35.5. The van der Waals surface area contributed by atoms with E-state index in [0.717, 1.165) is 5.56 Å². The van der Waals surface area contributed by atoms with E-state index in [-0.39, 0.29) is 12.3 Å². The summed E-state index contributed by atoms with van der Waals surface area (Å²) in [4.78, 5) is 0. The van der Waals surface area contributed by atoms with Crippen LogP contribution >= 0.6 is 11.6 Å². The molecule has 1 aromatic rings. The van der Waals surface area contributed by atoms with Crippen LogP contribution < -0.4 is 0 Å². The molecule has 6 heteroatoms. The van der Waals surface area contributed by atoms with Crippen LogP contribution in [0.15, 0.2) is 24.3 Å². The molecule has 1 aromatic carbocycles. The maximum absolute atomic E-state index is 11.3. The fraction of sp³-hybridized carbons (Fsp3) is 0.333. The molecular weight excluding hydrogens is 238 g/mol. The fourth-order valence-electron chi connectivity index (χ4n) is 1.04. The summed E-state index contributed by atoms with van der Waals surface area (Å²) in [7, 11) is -1.91. The molecule has 0 amide bonds. The molecule has 0 aliphatic carbocycles. The maximum atomic E-state index is 11.3. The van der Waals surface area contributed by atoms with Crippen LogP contribution in [0.2, 0.25) is 0 Å². The number of rotatable bonds is 4. The Morgan fingerprint density at radius 2 is 1.87 bits per heavy atom. The van der Waals surface area contributed by atoms with Crippen molar-refractivity contribution in [1.82, 2.24) is 4.31 Å². The van der Waals surface area contributed by atoms with Crippen molar-refractivity contribution in [3.63, 3.8) is 0 Å².